The summed E-state index contributed by atoms with van der Waals surface area (Å²) in [5, 5.41) is 27.0. The lowest BCUT2D eigenvalue weighted by molar-refractivity contribution is -0.384. The van der Waals surface area contributed by atoms with E-state index in [0.29, 0.717) is 31.9 Å². The molecule has 31 heavy (non-hydrogen) atoms. The maximum Gasteiger partial charge on any atom is 0.275 e. The van der Waals surface area contributed by atoms with Crippen molar-refractivity contribution in [3.05, 3.63) is 75.8 Å². The molecule has 0 unspecified atom stereocenters. The highest BCUT2D eigenvalue weighted by Crippen LogP contribution is 2.26. The second-order valence-electron chi connectivity index (χ2n) is 7.02. The van der Waals surface area contributed by atoms with Crippen LogP contribution in [0.3, 0.4) is 0 Å². The van der Waals surface area contributed by atoms with Crippen LogP contribution in [0.25, 0.3) is 10.8 Å². The monoisotopic (exact) mass is 420 g/mol. The molecule has 0 saturated carbocycles. The Labute approximate surface area is 177 Å². The van der Waals surface area contributed by atoms with Crippen molar-refractivity contribution in [2.75, 3.05) is 31.2 Å². The number of morpholine rings is 1. The SMILES string of the molecule is O=C(N/N=C\c1cc([N+](=O)[O-])ccc1N1CCOCC1)c1cc2ccccc2cc1O. The number of phenolic OH excluding ortho intramolecular Hbond substituents is 1. The summed E-state index contributed by atoms with van der Waals surface area (Å²) >= 11 is 0. The maximum atomic E-state index is 12.5. The number of non-ortho nitro benzene ring substituents is 1. The topological polar surface area (TPSA) is 117 Å². The van der Waals surface area contributed by atoms with Gasteiger partial charge in [0.15, 0.2) is 0 Å². The van der Waals surface area contributed by atoms with Crippen LogP contribution >= 0.6 is 0 Å². The minimum Gasteiger partial charge on any atom is -0.507 e. The van der Waals surface area contributed by atoms with Crippen LogP contribution in [0.5, 0.6) is 5.75 Å². The summed E-state index contributed by atoms with van der Waals surface area (Å²) in [6.45, 7) is 2.42. The molecule has 3 aromatic rings. The smallest absolute Gasteiger partial charge is 0.275 e. The number of nitrogens with zero attached hydrogens (tertiary/aromatic N) is 3. The van der Waals surface area contributed by atoms with Gasteiger partial charge in [-0.1, -0.05) is 24.3 Å². The molecule has 4 rings (SSSR count). The van der Waals surface area contributed by atoms with Gasteiger partial charge in [-0.15, -0.1) is 0 Å². The van der Waals surface area contributed by atoms with E-state index in [1.165, 1.54) is 24.4 Å². The number of nitrogens with one attached hydrogen (secondary N) is 1. The summed E-state index contributed by atoms with van der Waals surface area (Å²) in [4.78, 5) is 25.3. The Balaban J connectivity index is 1.57. The molecular weight excluding hydrogens is 400 g/mol. The molecule has 9 heteroatoms. The number of amides is 1. The van der Waals surface area contributed by atoms with Gasteiger partial charge >= 0.3 is 0 Å². The van der Waals surface area contributed by atoms with Crippen LogP contribution < -0.4 is 10.3 Å². The van der Waals surface area contributed by atoms with E-state index in [1.807, 2.05) is 29.2 Å². The highest BCUT2D eigenvalue weighted by molar-refractivity contribution is 6.02. The second-order valence-corrected chi connectivity index (χ2v) is 7.02. The number of phenols is 1. The molecule has 3 aromatic carbocycles. The number of benzene rings is 3. The fraction of sp³-hybridized carbons (Fsp3) is 0.182. The van der Waals surface area contributed by atoms with Crippen LogP contribution in [0, 0.1) is 10.1 Å². The molecule has 1 heterocycles. The molecular formula is C22H20N4O5. The van der Waals surface area contributed by atoms with Gasteiger partial charge in [0, 0.05) is 36.5 Å². The fourth-order valence-electron chi connectivity index (χ4n) is 3.48. The van der Waals surface area contributed by atoms with Crippen LogP contribution in [0.15, 0.2) is 59.7 Å². The number of fused-ring (bicyclic) bond motifs is 1. The Kier molecular flexibility index (Phi) is 5.76. The first-order valence-electron chi connectivity index (χ1n) is 9.69. The van der Waals surface area contributed by atoms with Gasteiger partial charge in [-0.05, 0) is 29.0 Å². The molecule has 2 N–H and O–H groups in total. The molecule has 0 aliphatic carbocycles. The van der Waals surface area contributed by atoms with E-state index in [4.69, 9.17) is 4.74 Å². The highest BCUT2D eigenvalue weighted by Gasteiger charge is 2.17. The molecule has 1 amide bonds. The lowest BCUT2D eigenvalue weighted by Crippen LogP contribution is -2.36. The van der Waals surface area contributed by atoms with Gasteiger partial charge in [0.25, 0.3) is 11.6 Å². The van der Waals surface area contributed by atoms with E-state index in [1.54, 1.807) is 12.1 Å². The molecule has 0 aromatic heterocycles. The molecule has 1 fully saturated rings. The van der Waals surface area contributed by atoms with Crippen LogP contribution in [0.2, 0.25) is 0 Å². The normalized spacial score (nSPS) is 14.1. The van der Waals surface area contributed by atoms with Gasteiger partial charge in [-0.3, -0.25) is 14.9 Å². The minimum atomic E-state index is -0.585. The number of nitro benzene ring substituents is 1. The number of hydrogen-bond donors (Lipinski definition) is 2. The van der Waals surface area contributed by atoms with Crippen molar-refractivity contribution in [1.82, 2.24) is 5.43 Å². The summed E-state index contributed by atoms with van der Waals surface area (Å²) in [5.41, 5.74) is 3.67. The number of anilines is 1. The van der Waals surface area contributed by atoms with Crippen molar-refractivity contribution in [3.8, 4) is 5.75 Å². The number of nitro groups is 1. The Morgan fingerprint density at radius 1 is 1.13 bits per heavy atom. The predicted molar refractivity (Wildman–Crippen MR) is 117 cm³/mol. The first kappa shape index (κ1) is 20.3. The third-order valence-corrected chi connectivity index (χ3v) is 5.05. The number of carbonyl (C=O) groups is 1. The molecule has 1 saturated heterocycles. The number of hydrogen-bond acceptors (Lipinski definition) is 7. The number of rotatable bonds is 5. The van der Waals surface area contributed by atoms with E-state index < -0.39 is 10.8 Å². The van der Waals surface area contributed by atoms with Crippen molar-refractivity contribution >= 4 is 34.3 Å². The number of ether oxygens (including phenoxy) is 1. The lowest BCUT2D eigenvalue weighted by Gasteiger charge is -2.29. The maximum absolute atomic E-state index is 12.5. The Morgan fingerprint density at radius 2 is 1.84 bits per heavy atom. The lowest BCUT2D eigenvalue weighted by atomic mass is 10.1. The van der Waals surface area contributed by atoms with Gasteiger partial charge < -0.3 is 14.7 Å². The summed E-state index contributed by atoms with van der Waals surface area (Å²) in [5.74, 6) is -0.742. The Morgan fingerprint density at radius 3 is 2.55 bits per heavy atom. The molecule has 158 valence electrons. The van der Waals surface area contributed by atoms with Crippen molar-refractivity contribution < 1.29 is 19.6 Å². The van der Waals surface area contributed by atoms with Gasteiger partial charge in [-0.25, -0.2) is 5.43 Å². The summed E-state index contributed by atoms with van der Waals surface area (Å²) in [6, 6.07) is 15.0. The van der Waals surface area contributed by atoms with E-state index in [9.17, 15) is 20.0 Å². The van der Waals surface area contributed by atoms with Gasteiger partial charge in [0.05, 0.1) is 29.9 Å². The van der Waals surface area contributed by atoms with E-state index in [2.05, 4.69) is 10.5 Å². The average molecular weight is 420 g/mol. The van der Waals surface area contributed by atoms with Gasteiger partial charge in [-0.2, -0.15) is 5.10 Å². The summed E-state index contributed by atoms with van der Waals surface area (Å²) < 4.78 is 5.36. The minimum absolute atomic E-state index is 0.0723. The second kappa shape index (κ2) is 8.80. The molecule has 0 atom stereocenters. The van der Waals surface area contributed by atoms with Crippen LogP contribution in [0.1, 0.15) is 15.9 Å². The standard InChI is InChI=1S/C22H20N4O5/c27-21-13-16-4-2-1-3-15(16)12-19(21)22(28)24-23-14-17-11-18(26(29)30)5-6-20(17)25-7-9-31-10-8-25/h1-6,11-14,27H,7-10H2,(H,24,28)/b23-14-. The summed E-state index contributed by atoms with van der Waals surface area (Å²) in [6.07, 6.45) is 1.37. The average Bonchev–Trinajstić information content (AvgIpc) is 2.79. The first-order chi connectivity index (χ1) is 15.0. The third kappa shape index (κ3) is 4.46. The van der Waals surface area contributed by atoms with E-state index in [0.717, 1.165) is 16.5 Å². The molecule has 0 spiro atoms. The fourth-order valence-corrected chi connectivity index (χ4v) is 3.48. The number of carbonyl (C=O) groups excluding carboxylic acids is 1. The van der Waals surface area contributed by atoms with E-state index in [-0.39, 0.29) is 17.0 Å². The van der Waals surface area contributed by atoms with Gasteiger partial charge in [0.1, 0.15) is 5.75 Å². The predicted octanol–water partition coefficient (Wildman–Crippen LogP) is 3.05. The van der Waals surface area contributed by atoms with E-state index >= 15 is 0 Å². The summed E-state index contributed by atoms with van der Waals surface area (Å²) in [7, 11) is 0. The van der Waals surface area contributed by atoms with Gasteiger partial charge in [0.2, 0.25) is 0 Å². The van der Waals surface area contributed by atoms with Crippen molar-refractivity contribution in [3.63, 3.8) is 0 Å². The van der Waals surface area contributed by atoms with Crippen molar-refractivity contribution in [1.29, 1.82) is 0 Å². The van der Waals surface area contributed by atoms with Crippen molar-refractivity contribution in [2.45, 2.75) is 0 Å². The Bertz CT molecular complexity index is 1170. The molecule has 1 aliphatic rings. The van der Waals surface area contributed by atoms with Crippen LogP contribution in [0.4, 0.5) is 11.4 Å². The third-order valence-electron chi connectivity index (χ3n) is 5.05. The molecule has 0 radical (unpaired) electrons. The number of hydrazone groups is 1. The van der Waals surface area contributed by atoms with Crippen molar-refractivity contribution in [2.24, 2.45) is 5.10 Å². The zero-order chi connectivity index (χ0) is 21.8. The first-order valence-corrected chi connectivity index (χ1v) is 9.69. The van der Waals surface area contributed by atoms with Crippen LogP contribution in [-0.4, -0.2) is 48.5 Å². The number of aromatic hydroxyl groups is 1. The van der Waals surface area contributed by atoms with Crippen LogP contribution in [-0.2, 0) is 4.74 Å². The highest BCUT2D eigenvalue weighted by atomic mass is 16.6. The largest absolute Gasteiger partial charge is 0.507 e. The Hall–Kier alpha value is -3.98. The quantitative estimate of drug-likeness (QED) is 0.372. The molecule has 0 bridgehead atoms. The molecule has 9 nitrogen and oxygen atoms in total. The zero-order valence-corrected chi connectivity index (χ0v) is 16.5. The molecule has 1 aliphatic heterocycles. The zero-order valence-electron chi connectivity index (χ0n) is 16.5.